The van der Waals surface area contributed by atoms with Crippen molar-refractivity contribution in [2.45, 2.75) is 39.7 Å². The molecule has 2 aliphatic heterocycles. The summed E-state index contributed by atoms with van der Waals surface area (Å²) in [6.45, 7) is 12.0. The molecule has 5 rings (SSSR count). The molecule has 1 fully saturated rings. The van der Waals surface area contributed by atoms with Crippen LogP contribution < -0.4 is 31.9 Å². The van der Waals surface area contributed by atoms with E-state index in [4.69, 9.17) is 5.73 Å². The Kier molecular flexibility index (Phi) is 7.59. The van der Waals surface area contributed by atoms with Crippen LogP contribution in [0.25, 0.3) is 5.70 Å². The number of anilines is 3. The van der Waals surface area contributed by atoms with Crippen molar-refractivity contribution in [3.8, 4) is 0 Å². The molecule has 0 bridgehead atoms. The average molecular weight is 544 g/mol. The van der Waals surface area contributed by atoms with Crippen molar-refractivity contribution in [2.75, 3.05) is 48.5 Å². The lowest BCUT2D eigenvalue weighted by Gasteiger charge is -2.27. The summed E-state index contributed by atoms with van der Waals surface area (Å²) in [5.41, 5.74) is 20.7. The Morgan fingerprint density at radius 3 is 2.58 bits per heavy atom. The number of carbonyl (C=O) groups excluding carboxylic acids is 1. The van der Waals surface area contributed by atoms with Crippen molar-refractivity contribution in [2.24, 2.45) is 12.8 Å². The molecule has 10 nitrogen and oxygen atoms in total. The number of benzene rings is 2. The zero-order chi connectivity index (χ0) is 28.6. The number of hydrazine groups is 2. The van der Waals surface area contributed by atoms with Gasteiger partial charge in [0.15, 0.2) is 0 Å². The number of nitrogens with zero attached hydrogens (tertiary/aromatic N) is 5. The number of rotatable bonds is 6. The minimum absolute atomic E-state index is 0.172. The molecule has 1 amide bonds. The van der Waals surface area contributed by atoms with E-state index in [-0.39, 0.29) is 5.91 Å². The Labute approximate surface area is 236 Å². The van der Waals surface area contributed by atoms with Gasteiger partial charge >= 0.3 is 0 Å². The summed E-state index contributed by atoms with van der Waals surface area (Å²) in [6, 6.07) is 11.9. The van der Waals surface area contributed by atoms with E-state index in [1.165, 1.54) is 0 Å². The van der Waals surface area contributed by atoms with E-state index >= 15 is 0 Å². The lowest BCUT2D eigenvalue weighted by Crippen LogP contribution is -2.36. The number of aromatic nitrogens is 2. The van der Waals surface area contributed by atoms with Gasteiger partial charge in [-0.3, -0.25) is 14.5 Å². The van der Waals surface area contributed by atoms with Gasteiger partial charge < -0.3 is 26.3 Å². The van der Waals surface area contributed by atoms with Gasteiger partial charge in [0.25, 0.3) is 5.91 Å². The van der Waals surface area contributed by atoms with Crippen molar-refractivity contribution < 1.29 is 4.79 Å². The molecule has 3 heterocycles. The van der Waals surface area contributed by atoms with Crippen molar-refractivity contribution >= 4 is 28.7 Å². The van der Waals surface area contributed by atoms with Crippen LogP contribution >= 0.6 is 0 Å². The SMILES string of the molecule is Cc1ccc(C(=O)Nc2cc(N3CCCN(C)CC3)cc(C(C)(C)N)c2)cc1N1C=C(c2cnn(C)c2C)NN1. The molecule has 1 aromatic heterocycles. The van der Waals surface area contributed by atoms with E-state index in [1.54, 1.807) is 0 Å². The number of likely N-dealkylation sites (N-methyl/N-ethyl adjacent to an activating group) is 1. The number of aryl methyl sites for hydroxylation is 2. The van der Waals surface area contributed by atoms with E-state index in [0.29, 0.717) is 5.56 Å². The maximum absolute atomic E-state index is 13.5. The summed E-state index contributed by atoms with van der Waals surface area (Å²) in [5.74, 6) is -0.172. The molecule has 212 valence electrons. The highest BCUT2D eigenvalue weighted by molar-refractivity contribution is 6.05. The third kappa shape index (κ3) is 5.84. The summed E-state index contributed by atoms with van der Waals surface area (Å²) in [4.78, 5) is 18.3. The van der Waals surface area contributed by atoms with Gasteiger partial charge in [-0.15, -0.1) is 5.53 Å². The van der Waals surface area contributed by atoms with Gasteiger partial charge in [0.2, 0.25) is 0 Å². The van der Waals surface area contributed by atoms with Gasteiger partial charge in [0, 0.05) is 66.6 Å². The zero-order valence-electron chi connectivity index (χ0n) is 24.4. The van der Waals surface area contributed by atoms with Crippen LogP contribution in [0.3, 0.4) is 0 Å². The molecule has 0 aliphatic carbocycles. The lowest BCUT2D eigenvalue weighted by molar-refractivity contribution is 0.102. The smallest absolute Gasteiger partial charge is 0.255 e. The van der Waals surface area contributed by atoms with Crippen molar-refractivity contribution in [1.82, 2.24) is 25.6 Å². The van der Waals surface area contributed by atoms with Crippen LogP contribution in [-0.4, -0.2) is 53.8 Å². The molecule has 0 radical (unpaired) electrons. The van der Waals surface area contributed by atoms with E-state index < -0.39 is 5.54 Å². The largest absolute Gasteiger partial charge is 0.370 e. The van der Waals surface area contributed by atoms with Crippen LogP contribution in [0.4, 0.5) is 17.1 Å². The van der Waals surface area contributed by atoms with Crippen LogP contribution in [-0.2, 0) is 12.6 Å². The number of hydrogen-bond donors (Lipinski definition) is 4. The fourth-order valence-electron chi connectivity index (χ4n) is 5.10. The van der Waals surface area contributed by atoms with Crippen molar-refractivity contribution in [3.05, 3.63) is 76.7 Å². The Balaban J connectivity index is 1.40. The highest BCUT2D eigenvalue weighted by atomic mass is 16.1. The Morgan fingerprint density at radius 2 is 1.85 bits per heavy atom. The van der Waals surface area contributed by atoms with Gasteiger partial charge in [-0.25, -0.2) is 0 Å². The first kappa shape index (κ1) is 27.7. The normalized spacial score (nSPS) is 16.5. The predicted octanol–water partition coefficient (Wildman–Crippen LogP) is 3.45. The standard InChI is InChI=1S/C30H41N9O/c1-20-8-9-22(14-28(20)39-19-27(34-35-39)26-18-32-37(6)21(26)2)29(40)33-24-15-23(30(3,4)31)16-25(17-24)38-11-7-10-36(5)12-13-38/h8-9,14-19,34-35H,7,10-13,31H2,1-6H3,(H,33,40). The second-order valence-electron chi connectivity index (χ2n) is 11.5. The summed E-state index contributed by atoms with van der Waals surface area (Å²) >= 11 is 0. The highest BCUT2D eigenvalue weighted by Gasteiger charge is 2.22. The van der Waals surface area contributed by atoms with Crippen LogP contribution in [0.1, 0.15) is 53.0 Å². The fraction of sp³-hybridized carbons (Fsp3) is 0.400. The van der Waals surface area contributed by atoms with Gasteiger partial charge in [0.1, 0.15) is 0 Å². The van der Waals surface area contributed by atoms with E-state index in [1.807, 2.05) is 81.1 Å². The number of hydrogen-bond acceptors (Lipinski definition) is 8. The number of carbonyl (C=O) groups is 1. The minimum atomic E-state index is -0.541. The molecule has 0 saturated carbocycles. The second-order valence-corrected chi connectivity index (χ2v) is 11.5. The Bertz CT molecular complexity index is 1440. The average Bonchev–Trinajstić information content (AvgIpc) is 3.44. The lowest BCUT2D eigenvalue weighted by atomic mass is 9.94. The summed E-state index contributed by atoms with van der Waals surface area (Å²) < 4.78 is 1.84. The number of amides is 1. The quantitative estimate of drug-likeness (QED) is 0.375. The topological polar surface area (TPSA) is 107 Å². The first-order valence-electron chi connectivity index (χ1n) is 13.8. The Hall–Kier alpha value is -3.86. The second kappa shape index (κ2) is 11.0. The summed E-state index contributed by atoms with van der Waals surface area (Å²) in [5, 5.41) is 9.37. The maximum Gasteiger partial charge on any atom is 0.255 e. The maximum atomic E-state index is 13.5. The van der Waals surface area contributed by atoms with Crippen LogP contribution in [0.15, 0.2) is 48.8 Å². The summed E-state index contributed by atoms with van der Waals surface area (Å²) in [7, 11) is 4.08. The fourth-order valence-corrected chi connectivity index (χ4v) is 5.10. The first-order chi connectivity index (χ1) is 19.0. The Morgan fingerprint density at radius 1 is 1.05 bits per heavy atom. The van der Waals surface area contributed by atoms with Gasteiger partial charge in [-0.1, -0.05) is 6.07 Å². The molecule has 10 heteroatoms. The molecular weight excluding hydrogens is 502 g/mol. The van der Waals surface area contributed by atoms with Gasteiger partial charge in [-0.2, -0.15) is 5.10 Å². The number of nitrogens with two attached hydrogens (primary N) is 1. The summed E-state index contributed by atoms with van der Waals surface area (Å²) in [6.07, 6.45) is 4.91. The minimum Gasteiger partial charge on any atom is -0.370 e. The van der Waals surface area contributed by atoms with Gasteiger partial charge in [0.05, 0.1) is 17.6 Å². The molecule has 0 atom stereocenters. The molecule has 2 aromatic carbocycles. The molecule has 3 aromatic rings. The zero-order valence-corrected chi connectivity index (χ0v) is 24.4. The van der Waals surface area contributed by atoms with Crippen LogP contribution in [0.2, 0.25) is 0 Å². The molecule has 1 saturated heterocycles. The van der Waals surface area contributed by atoms with E-state index in [0.717, 1.165) is 77.7 Å². The predicted molar refractivity (Wildman–Crippen MR) is 162 cm³/mol. The molecule has 0 spiro atoms. The highest BCUT2D eigenvalue weighted by Crippen LogP contribution is 2.30. The van der Waals surface area contributed by atoms with Crippen molar-refractivity contribution in [1.29, 1.82) is 0 Å². The van der Waals surface area contributed by atoms with Gasteiger partial charge in [-0.05, 0) is 89.2 Å². The van der Waals surface area contributed by atoms with E-state index in [2.05, 4.69) is 50.4 Å². The van der Waals surface area contributed by atoms with Crippen LogP contribution in [0, 0.1) is 13.8 Å². The first-order valence-corrected chi connectivity index (χ1v) is 13.8. The third-order valence-electron chi connectivity index (χ3n) is 7.83. The molecular formula is C30H41N9O. The molecule has 5 N–H and O–H groups in total. The monoisotopic (exact) mass is 543 g/mol. The molecule has 0 unspecified atom stereocenters. The third-order valence-corrected chi connectivity index (χ3v) is 7.83. The molecule has 40 heavy (non-hydrogen) atoms. The van der Waals surface area contributed by atoms with E-state index in [9.17, 15) is 4.79 Å². The number of nitrogens with one attached hydrogen (secondary N) is 3. The molecule has 2 aliphatic rings. The van der Waals surface area contributed by atoms with Crippen molar-refractivity contribution in [3.63, 3.8) is 0 Å². The van der Waals surface area contributed by atoms with Crippen LogP contribution in [0.5, 0.6) is 0 Å².